The predicted octanol–water partition coefficient (Wildman–Crippen LogP) is 3.35. The zero-order valence-corrected chi connectivity index (χ0v) is 20.4. The van der Waals surface area contributed by atoms with E-state index in [-0.39, 0.29) is 28.8 Å². The Morgan fingerprint density at radius 2 is 1.76 bits per heavy atom. The van der Waals surface area contributed by atoms with Gasteiger partial charge in [-0.15, -0.1) is 0 Å². The van der Waals surface area contributed by atoms with Crippen LogP contribution in [0.4, 0.5) is 5.69 Å². The van der Waals surface area contributed by atoms with E-state index >= 15 is 0 Å². The van der Waals surface area contributed by atoms with Gasteiger partial charge in [-0.05, 0) is 31.5 Å². The first kappa shape index (κ1) is 25.3. The molecular weight excluding hydrogens is 483 g/mol. The summed E-state index contributed by atoms with van der Waals surface area (Å²) >= 11 is 12.5. The Balaban J connectivity index is 2.21. The number of hydrogen-bond donors (Lipinski definition) is 2. The van der Waals surface area contributed by atoms with Crippen molar-refractivity contribution >= 4 is 34.9 Å². The van der Waals surface area contributed by atoms with Crippen molar-refractivity contribution in [2.24, 2.45) is 10.9 Å². The lowest BCUT2D eigenvalue weighted by Crippen LogP contribution is -2.51. The largest absolute Gasteiger partial charge is 0.491 e. The average molecular weight is 507 g/mol. The Morgan fingerprint density at radius 1 is 1.15 bits per heavy atom. The summed E-state index contributed by atoms with van der Waals surface area (Å²) in [5.74, 6) is -1.76. The summed E-state index contributed by atoms with van der Waals surface area (Å²) in [5, 5.41) is 9.68. The second-order valence-corrected chi connectivity index (χ2v) is 8.56. The summed E-state index contributed by atoms with van der Waals surface area (Å²) in [6.45, 7) is 5.32. The zero-order valence-electron chi connectivity index (χ0n) is 18.8. The van der Waals surface area contributed by atoms with Crippen molar-refractivity contribution in [3.05, 3.63) is 84.2 Å². The number of aromatic amines is 1. The lowest BCUT2D eigenvalue weighted by Gasteiger charge is -2.13. The van der Waals surface area contributed by atoms with E-state index in [1.807, 2.05) is 31.2 Å². The molecule has 0 radical (unpaired) electrons. The van der Waals surface area contributed by atoms with Gasteiger partial charge in [-0.2, -0.15) is 0 Å². The van der Waals surface area contributed by atoms with Gasteiger partial charge in [0.25, 0.3) is 0 Å². The highest BCUT2D eigenvalue weighted by Gasteiger charge is 2.17. The SMILES string of the molecule is CCOc1c(Cl)cc(/N=c2\[nH]c(=O)n(C[C@H](C)C(=O)O)c(=O)n2Cc2ccc(C)cc2)cc1Cl. The number of H-pyrrole nitrogens is 1. The van der Waals surface area contributed by atoms with Gasteiger partial charge in [-0.3, -0.25) is 14.3 Å². The highest BCUT2D eigenvalue weighted by Crippen LogP contribution is 2.36. The van der Waals surface area contributed by atoms with Crippen LogP contribution in [0, 0.1) is 12.8 Å². The molecule has 2 N–H and O–H groups in total. The molecule has 0 unspecified atom stereocenters. The number of nitrogens with one attached hydrogen (secondary N) is 1. The minimum Gasteiger partial charge on any atom is -0.491 e. The first-order valence-electron chi connectivity index (χ1n) is 10.5. The van der Waals surface area contributed by atoms with Crippen molar-refractivity contribution in [3.8, 4) is 5.75 Å². The standard InChI is InChI=1S/C23H24Cl2N4O5/c1-4-34-19-17(24)9-16(10-18(19)25)26-21-27-22(32)29(11-14(3)20(30)31)23(33)28(21)12-15-7-5-13(2)6-8-15/h5-10,14H,4,11-12H2,1-3H3,(H,30,31)(H,26,27,32)/t14-/m0/s1. The van der Waals surface area contributed by atoms with Crippen LogP contribution < -0.4 is 21.7 Å². The Kier molecular flexibility index (Phi) is 8.01. The number of carbonyl (C=O) groups is 1. The third kappa shape index (κ3) is 5.78. The van der Waals surface area contributed by atoms with Gasteiger partial charge >= 0.3 is 17.3 Å². The maximum Gasteiger partial charge on any atom is 0.335 e. The van der Waals surface area contributed by atoms with Gasteiger partial charge in [0.05, 0.1) is 34.8 Å². The first-order valence-corrected chi connectivity index (χ1v) is 11.2. The third-order valence-corrected chi connectivity index (χ3v) is 5.59. The van der Waals surface area contributed by atoms with Crippen LogP contribution in [0.15, 0.2) is 51.0 Å². The molecule has 3 rings (SSSR count). The van der Waals surface area contributed by atoms with Crippen molar-refractivity contribution in [2.75, 3.05) is 6.61 Å². The number of carboxylic acid groups (broad SMARTS) is 1. The summed E-state index contributed by atoms with van der Waals surface area (Å²) in [7, 11) is 0. The van der Waals surface area contributed by atoms with Crippen LogP contribution >= 0.6 is 23.2 Å². The number of hydrogen-bond acceptors (Lipinski definition) is 5. The molecule has 11 heteroatoms. The second kappa shape index (κ2) is 10.8. The second-order valence-electron chi connectivity index (χ2n) is 7.74. The quantitative estimate of drug-likeness (QED) is 0.485. The summed E-state index contributed by atoms with van der Waals surface area (Å²) in [6, 6.07) is 10.5. The van der Waals surface area contributed by atoms with Crippen LogP contribution in [0.3, 0.4) is 0 Å². The van der Waals surface area contributed by atoms with Gasteiger partial charge in [0.1, 0.15) is 0 Å². The van der Waals surface area contributed by atoms with Crippen LogP contribution in [0.5, 0.6) is 5.75 Å². The van der Waals surface area contributed by atoms with E-state index in [2.05, 4.69) is 9.98 Å². The fraction of sp³-hybridized carbons (Fsp3) is 0.304. The van der Waals surface area contributed by atoms with Crippen molar-refractivity contribution in [1.82, 2.24) is 14.1 Å². The molecule has 3 aromatic rings. The zero-order chi connectivity index (χ0) is 25.0. The van der Waals surface area contributed by atoms with Crippen LogP contribution in [-0.4, -0.2) is 31.8 Å². The molecule has 0 aliphatic rings. The number of ether oxygens (including phenoxy) is 1. The lowest BCUT2D eigenvalue weighted by molar-refractivity contribution is -0.141. The van der Waals surface area contributed by atoms with Crippen molar-refractivity contribution in [2.45, 2.75) is 33.9 Å². The highest BCUT2D eigenvalue weighted by atomic mass is 35.5. The summed E-state index contributed by atoms with van der Waals surface area (Å²) in [4.78, 5) is 44.3. The van der Waals surface area contributed by atoms with Crippen molar-refractivity contribution in [3.63, 3.8) is 0 Å². The molecule has 0 saturated heterocycles. The lowest BCUT2D eigenvalue weighted by atomic mass is 10.1. The van der Waals surface area contributed by atoms with Crippen LogP contribution in [-0.2, 0) is 17.9 Å². The van der Waals surface area contributed by atoms with E-state index in [1.54, 1.807) is 6.92 Å². The van der Waals surface area contributed by atoms with E-state index in [0.717, 1.165) is 15.7 Å². The molecule has 0 bridgehead atoms. The number of aryl methyl sites for hydroxylation is 1. The van der Waals surface area contributed by atoms with E-state index < -0.39 is 23.3 Å². The molecule has 0 spiro atoms. The molecule has 0 saturated carbocycles. The number of benzene rings is 2. The molecule has 180 valence electrons. The molecular formula is C23H24Cl2N4O5. The molecule has 1 aromatic heterocycles. The molecule has 2 aromatic carbocycles. The molecule has 1 heterocycles. The van der Waals surface area contributed by atoms with Crippen molar-refractivity contribution in [1.29, 1.82) is 0 Å². The number of halogens is 2. The normalized spacial score (nSPS) is 12.6. The first-order chi connectivity index (χ1) is 16.1. The molecule has 0 amide bonds. The number of nitrogens with zero attached hydrogens (tertiary/aromatic N) is 3. The number of aromatic nitrogens is 3. The van der Waals surface area contributed by atoms with Gasteiger partial charge in [0, 0.05) is 6.54 Å². The topological polar surface area (TPSA) is 119 Å². The van der Waals surface area contributed by atoms with E-state index in [1.165, 1.54) is 23.6 Å². The molecule has 9 nitrogen and oxygen atoms in total. The number of carboxylic acids is 1. The van der Waals surface area contributed by atoms with Crippen molar-refractivity contribution < 1.29 is 14.6 Å². The Morgan fingerprint density at radius 3 is 2.32 bits per heavy atom. The fourth-order valence-electron chi connectivity index (χ4n) is 3.19. The Hall–Kier alpha value is -3.30. The summed E-state index contributed by atoms with van der Waals surface area (Å²) in [6.07, 6.45) is 0. The molecule has 1 atom stereocenters. The van der Waals surface area contributed by atoms with Gasteiger partial charge in [0.15, 0.2) is 5.75 Å². The summed E-state index contributed by atoms with van der Waals surface area (Å²) in [5.41, 5.74) is 0.622. The third-order valence-electron chi connectivity index (χ3n) is 5.03. The maximum absolute atomic E-state index is 13.3. The Labute approximate surface area is 204 Å². The van der Waals surface area contributed by atoms with Crippen LogP contribution in [0.2, 0.25) is 10.0 Å². The molecule has 0 aliphatic heterocycles. The number of rotatable bonds is 8. The molecule has 34 heavy (non-hydrogen) atoms. The van der Waals surface area contributed by atoms with E-state index in [0.29, 0.717) is 18.0 Å². The molecule has 0 aliphatic carbocycles. The Bertz CT molecular complexity index is 1370. The van der Waals surface area contributed by atoms with E-state index in [9.17, 15) is 19.5 Å². The minimum atomic E-state index is -1.12. The minimum absolute atomic E-state index is 0.0360. The van der Waals surface area contributed by atoms with Gasteiger partial charge in [0.2, 0.25) is 5.62 Å². The number of aliphatic carboxylic acids is 1. The van der Waals surface area contributed by atoms with Gasteiger partial charge in [-0.1, -0.05) is 60.0 Å². The predicted molar refractivity (Wildman–Crippen MR) is 129 cm³/mol. The monoisotopic (exact) mass is 506 g/mol. The van der Waals surface area contributed by atoms with Gasteiger partial charge in [-0.25, -0.2) is 19.1 Å². The molecule has 0 fully saturated rings. The van der Waals surface area contributed by atoms with Gasteiger partial charge < -0.3 is 9.84 Å². The van der Waals surface area contributed by atoms with E-state index in [4.69, 9.17) is 27.9 Å². The smallest absolute Gasteiger partial charge is 0.335 e. The van der Waals surface area contributed by atoms with Crippen LogP contribution in [0.1, 0.15) is 25.0 Å². The van der Waals surface area contributed by atoms with Crippen LogP contribution in [0.25, 0.3) is 0 Å². The maximum atomic E-state index is 13.3. The summed E-state index contributed by atoms with van der Waals surface area (Å²) < 4.78 is 7.54. The fourth-order valence-corrected chi connectivity index (χ4v) is 3.77. The average Bonchev–Trinajstić information content (AvgIpc) is 2.77. The highest BCUT2D eigenvalue weighted by molar-refractivity contribution is 6.37.